The average Bonchev–Trinajstić information content (AvgIpc) is 2.87. The number of nitrogens with two attached hydrogens (primary N) is 1. The lowest BCUT2D eigenvalue weighted by Crippen LogP contribution is -2.02. The second kappa shape index (κ2) is 6.95. The van der Waals surface area contributed by atoms with E-state index >= 15 is 0 Å². The van der Waals surface area contributed by atoms with Crippen molar-refractivity contribution in [1.29, 1.82) is 0 Å². The number of hydrogen-bond donors (Lipinski definition) is 1. The van der Waals surface area contributed by atoms with E-state index in [-0.39, 0.29) is 0 Å². The number of aromatic nitrogens is 2. The van der Waals surface area contributed by atoms with Gasteiger partial charge in [0, 0.05) is 6.54 Å². The van der Waals surface area contributed by atoms with Gasteiger partial charge in [-0.1, -0.05) is 31.2 Å². The van der Waals surface area contributed by atoms with Crippen molar-refractivity contribution < 1.29 is 4.74 Å². The first-order chi connectivity index (χ1) is 9.31. The molecule has 2 aromatic rings. The molecule has 4 heteroatoms. The molecule has 1 aromatic heterocycles. The smallest absolute Gasteiger partial charge is 0.157 e. The molecule has 0 bridgehead atoms. The van der Waals surface area contributed by atoms with Gasteiger partial charge in [-0.05, 0) is 30.5 Å². The van der Waals surface area contributed by atoms with Crippen molar-refractivity contribution in [1.82, 2.24) is 9.78 Å². The van der Waals surface area contributed by atoms with Crippen LogP contribution < -0.4 is 10.5 Å². The predicted octanol–water partition coefficient (Wildman–Crippen LogP) is 2.37. The van der Waals surface area contributed by atoms with E-state index in [9.17, 15) is 0 Å². The highest BCUT2D eigenvalue weighted by Gasteiger charge is 2.00. The van der Waals surface area contributed by atoms with E-state index < -0.39 is 0 Å². The number of aryl methyl sites for hydroxylation is 1. The monoisotopic (exact) mass is 259 g/mol. The quantitative estimate of drug-likeness (QED) is 0.830. The predicted molar refractivity (Wildman–Crippen MR) is 76.1 cm³/mol. The Labute approximate surface area is 114 Å². The summed E-state index contributed by atoms with van der Waals surface area (Å²) in [5.41, 5.74) is 7.95. The van der Waals surface area contributed by atoms with Gasteiger partial charge in [-0.2, -0.15) is 5.10 Å². The van der Waals surface area contributed by atoms with Crippen molar-refractivity contribution in [2.75, 3.05) is 6.54 Å². The van der Waals surface area contributed by atoms with Gasteiger partial charge in [0.25, 0.3) is 0 Å². The third kappa shape index (κ3) is 4.10. The number of nitrogens with zero attached hydrogens (tertiary/aromatic N) is 2. The largest absolute Gasteiger partial charge is 0.486 e. The lowest BCUT2D eigenvalue weighted by Gasteiger charge is -2.05. The number of benzene rings is 1. The van der Waals surface area contributed by atoms with Crippen LogP contribution in [0.2, 0.25) is 0 Å². The zero-order valence-corrected chi connectivity index (χ0v) is 11.4. The average molecular weight is 259 g/mol. The summed E-state index contributed by atoms with van der Waals surface area (Å²) in [4.78, 5) is 0. The minimum Gasteiger partial charge on any atom is -0.486 e. The number of rotatable bonds is 7. The van der Waals surface area contributed by atoms with Gasteiger partial charge in [-0.3, -0.25) is 4.68 Å². The van der Waals surface area contributed by atoms with Crippen LogP contribution in [0.15, 0.2) is 36.7 Å². The van der Waals surface area contributed by atoms with Crippen LogP contribution >= 0.6 is 0 Å². The molecule has 0 amide bonds. The van der Waals surface area contributed by atoms with Crippen LogP contribution in [0.4, 0.5) is 0 Å². The molecule has 1 aromatic carbocycles. The Morgan fingerprint density at radius 2 is 1.95 bits per heavy atom. The van der Waals surface area contributed by atoms with E-state index in [4.69, 9.17) is 10.5 Å². The van der Waals surface area contributed by atoms with Crippen LogP contribution in [-0.4, -0.2) is 16.3 Å². The molecule has 1 heterocycles. The van der Waals surface area contributed by atoms with Crippen LogP contribution in [0.3, 0.4) is 0 Å². The Balaban J connectivity index is 1.86. The van der Waals surface area contributed by atoms with Gasteiger partial charge in [0.05, 0.1) is 12.4 Å². The van der Waals surface area contributed by atoms with Gasteiger partial charge in [0.1, 0.15) is 6.61 Å². The summed E-state index contributed by atoms with van der Waals surface area (Å²) in [7, 11) is 0. The minimum absolute atomic E-state index is 0.570. The van der Waals surface area contributed by atoms with Crippen molar-refractivity contribution >= 4 is 0 Å². The van der Waals surface area contributed by atoms with Gasteiger partial charge < -0.3 is 10.5 Å². The van der Waals surface area contributed by atoms with E-state index in [1.165, 1.54) is 5.56 Å². The molecule has 0 fully saturated rings. The van der Waals surface area contributed by atoms with Crippen molar-refractivity contribution in [3.05, 3.63) is 47.8 Å². The maximum atomic E-state index is 5.71. The first kappa shape index (κ1) is 13.6. The molecule has 2 N–H and O–H groups in total. The van der Waals surface area contributed by atoms with Gasteiger partial charge in [-0.15, -0.1) is 0 Å². The molecule has 0 unspecified atom stereocenters. The van der Waals surface area contributed by atoms with Crippen molar-refractivity contribution in [3.8, 4) is 5.75 Å². The fourth-order valence-electron chi connectivity index (χ4n) is 1.91. The van der Waals surface area contributed by atoms with Crippen LogP contribution in [0.1, 0.15) is 24.5 Å². The lowest BCUT2D eigenvalue weighted by atomic mass is 10.1. The zero-order valence-electron chi connectivity index (χ0n) is 11.4. The topological polar surface area (TPSA) is 53.1 Å². The highest BCUT2D eigenvalue weighted by atomic mass is 16.5. The molecule has 102 valence electrons. The van der Waals surface area contributed by atoms with E-state index in [1.807, 2.05) is 10.9 Å². The van der Waals surface area contributed by atoms with Gasteiger partial charge in [-0.25, -0.2) is 0 Å². The van der Waals surface area contributed by atoms with Gasteiger partial charge in [0.2, 0.25) is 0 Å². The van der Waals surface area contributed by atoms with E-state index in [0.29, 0.717) is 13.2 Å². The number of hydrogen-bond acceptors (Lipinski definition) is 3. The number of ether oxygens (including phenoxy) is 1. The van der Waals surface area contributed by atoms with E-state index in [2.05, 4.69) is 36.3 Å². The first-order valence-electron chi connectivity index (χ1n) is 6.75. The summed E-state index contributed by atoms with van der Waals surface area (Å²) in [6.07, 6.45) is 5.69. The molecule has 2 rings (SSSR count). The molecule has 0 radical (unpaired) electrons. The molecule has 0 saturated heterocycles. The highest BCUT2D eigenvalue weighted by molar-refractivity contribution is 5.23. The second-order valence-corrected chi connectivity index (χ2v) is 4.58. The molecule has 0 saturated carbocycles. The Bertz CT molecular complexity index is 490. The van der Waals surface area contributed by atoms with Crippen molar-refractivity contribution in [2.24, 2.45) is 5.73 Å². The maximum absolute atomic E-state index is 5.71. The normalized spacial score (nSPS) is 10.6. The Morgan fingerprint density at radius 1 is 1.21 bits per heavy atom. The molecule has 0 atom stereocenters. The summed E-state index contributed by atoms with van der Waals surface area (Å²) in [5, 5.41) is 4.23. The van der Waals surface area contributed by atoms with Crippen LogP contribution in [-0.2, 0) is 19.6 Å². The third-order valence-electron chi connectivity index (χ3n) is 2.92. The molecular weight excluding hydrogens is 238 g/mol. The lowest BCUT2D eigenvalue weighted by molar-refractivity contribution is 0.305. The zero-order chi connectivity index (χ0) is 13.5. The molecule has 0 aliphatic rings. The van der Waals surface area contributed by atoms with Crippen LogP contribution in [0, 0.1) is 0 Å². The SMILES string of the molecule is CCCn1cc(OCc2ccc(CCN)cc2)cn1. The Hall–Kier alpha value is -1.81. The van der Waals surface area contributed by atoms with E-state index in [1.54, 1.807) is 6.20 Å². The molecule has 19 heavy (non-hydrogen) atoms. The standard InChI is InChI=1S/C15H21N3O/c1-2-9-18-11-15(10-17-18)19-12-14-5-3-13(4-6-14)7-8-16/h3-6,10-11H,2,7-9,12,16H2,1H3. The first-order valence-corrected chi connectivity index (χ1v) is 6.75. The fourth-order valence-corrected chi connectivity index (χ4v) is 1.91. The minimum atomic E-state index is 0.570. The van der Waals surface area contributed by atoms with Gasteiger partial charge in [0.15, 0.2) is 5.75 Å². The Morgan fingerprint density at radius 3 is 2.63 bits per heavy atom. The summed E-state index contributed by atoms with van der Waals surface area (Å²) < 4.78 is 7.61. The highest BCUT2D eigenvalue weighted by Crippen LogP contribution is 2.12. The summed E-state index contributed by atoms with van der Waals surface area (Å²) in [5.74, 6) is 0.819. The van der Waals surface area contributed by atoms with Crippen LogP contribution in [0.25, 0.3) is 0 Å². The molecule has 0 aliphatic heterocycles. The van der Waals surface area contributed by atoms with Crippen LogP contribution in [0.5, 0.6) is 5.75 Å². The molecule has 4 nitrogen and oxygen atoms in total. The third-order valence-corrected chi connectivity index (χ3v) is 2.92. The summed E-state index contributed by atoms with van der Waals surface area (Å²) in [6.45, 7) is 4.31. The van der Waals surface area contributed by atoms with Crippen molar-refractivity contribution in [3.63, 3.8) is 0 Å². The Kier molecular flexibility index (Phi) is 4.98. The van der Waals surface area contributed by atoms with Gasteiger partial charge >= 0.3 is 0 Å². The van der Waals surface area contributed by atoms with Crippen molar-refractivity contribution in [2.45, 2.75) is 32.9 Å². The van der Waals surface area contributed by atoms with E-state index in [0.717, 1.165) is 30.7 Å². The molecular formula is C15H21N3O. The maximum Gasteiger partial charge on any atom is 0.157 e. The molecule has 0 aliphatic carbocycles. The summed E-state index contributed by atoms with van der Waals surface area (Å²) in [6, 6.07) is 8.38. The second-order valence-electron chi connectivity index (χ2n) is 4.58. The molecule has 0 spiro atoms. The summed E-state index contributed by atoms with van der Waals surface area (Å²) >= 11 is 0. The fraction of sp³-hybridized carbons (Fsp3) is 0.400.